The third-order valence-electron chi connectivity index (χ3n) is 2.57. The minimum atomic E-state index is -0.420. The van der Waals surface area contributed by atoms with E-state index in [1.807, 2.05) is 0 Å². The SMILES string of the molecule is OC1([C@H]2CCCN2)CNC1. The summed E-state index contributed by atoms with van der Waals surface area (Å²) in [5.74, 6) is 0. The van der Waals surface area contributed by atoms with E-state index in [0.717, 1.165) is 26.1 Å². The predicted octanol–water partition coefficient (Wildman–Crippen LogP) is -0.927. The van der Waals surface area contributed by atoms with Gasteiger partial charge in [0, 0.05) is 19.1 Å². The Morgan fingerprint density at radius 3 is 2.60 bits per heavy atom. The van der Waals surface area contributed by atoms with E-state index in [1.165, 1.54) is 6.42 Å². The molecule has 2 fully saturated rings. The summed E-state index contributed by atoms with van der Waals surface area (Å²) in [5, 5.41) is 16.2. The van der Waals surface area contributed by atoms with Gasteiger partial charge in [-0.25, -0.2) is 0 Å². The van der Waals surface area contributed by atoms with Crippen molar-refractivity contribution in [3.8, 4) is 0 Å². The molecule has 0 aromatic heterocycles. The van der Waals surface area contributed by atoms with Crippen LogP contribution in [0.25, 0.3) is 0 Å². The molecule has 3 nitrogen and oxygen atoms in total. The van der Waals surface area contributed by atoms with Crippen molar-refractivity contribution in [2.24, 2.45) is 0 Å². The molecule has 3 N–H and O–H groups in total. The monoisotopic (exact) mass is 142 g/mol. The lowest BCUT2D eigenvalue weighted by Gasteiger charge is -2.42. The van der Waals surface area contributed by atoms with Crippen LogP contribution in [0.4, 0.5) is 0 Å². The fourth-order valence-corrected chi connectivity index (χ4v) is 1.77. The van der Waals surface area contributed by atoms with Crippen LogP contribution < -0.4 is 10.6 Å². The lowest BCUT2D eigenvalue weighted by Crippen LogP contribution is -2.68. The second-order valence-electron chi connectivity index (χ2n) is 3.36. The highest BCUT2D eigenvalue weighted by Gasteiger charge is 2.43. The zero-order chi connectivity index (χ0) is 7.03. The molecule has 0 bridgehead atoms. The minimum Gasteiger partial charge on any atom is -0.386 e. The molecule has 2 saturated heterocycles. The van der Waals surface area contributed by atoms with E-state index in [1.54, 1.807) is 0 Å². The van der Waals surface area contributed by atoms with E-state index in [0.29, 0.717) is 6.04 Å². The number of aliphatic hydroxyl groups is 1. The maximum absolute atomic E-state index is 9.78. The third-order valence-corrected chi connectivity index (χ3v) is 2.57. The lowest BCUT2D eigenvalue weighted by molar-refractivity contribution is -0.0377. The summed E-state index contributed by atoms with van der Waals surface area (Å²) in [7, 11) is 0. The van der Waals surface area contributed by atoms with Crippen LogP contribution in [0.2, 0.25) is 0 Å². The first-order valence-electron chi connectivity index (χ1n) is 3.98. The molecule has 0 saturated carbocycles. The molecule has 1 atom stereocenters. The second kappa shape index (κ2) is 2.19. The van der Waals surface area contributed by atoms with Gasteiger partial charge in [0.15, 0.2) is 0 Å². The molecular weight excluding hydrogens is 128 g/mol. The number of rotatable bonds is 1. The number of hydrogen-bond donors (Lipinski definition) is 3. The molecule has 10 heavy (non-hydrogen) atoms. The van der Waals surface area contributed by atoms with Gasteiger partial charge < -0.3 is 15.7 Å². The van der Waals surface area contributed by atoms with Gasteiger partial charge in [-0.3, -0.25) is 0 Å². The minimum absolute atomic E-state index is 0.355. The lowest BCUT2D eigenvalue weighted by atomic mass is 9.87. The van der Waals surface area contributed by atoms with Gasteiger partial charge >= 0.3 is 0 Å². The van der Waals surface area contributed by atoms with Crippen LogP contribution >= 0.6 is 0 Å². The average molecular weight is 142 g/mol. The highest BCUT2D eigenvalue weighted by atomic mass is 16.3. The van der Waals surface area contributed by atoms with Crippen LogP contribution in [0.1, 0.15) is 12.8 Å². The van der Waals surface area contributed by atoms with Gasteiger partial charge in [-0.15, -0.1) is 0 Å². The Morgan fingerprint density at radius 2 is 2.20 bits per heavy atom. The smallest absolute Gasteiger partial charge is 0.105 e. The molecule has 0 unspecified atom stereocenters. The van der Waals surface area contributed by atoms with Crippen LogP contribution in [0.3, 0.4) is 0 Å². The Kier molecular flexibility index (Phi) is 1.44. The van der Waals surface area contributed by atoms with E-state index < -0.39 is 5.60 Å². The maximum Gasteiger partial charge on any atom is 0.105 e. The Morgan fingerprint density at radius 1 is 1.40 bits per heavy atom. The average Bonchev–Trinajstić information content (AvgIpc) is 2.33. The molecule has 58 valence electrons. The van der Waals surface area contributed by atoms with Crippen LogP contribution in [0.5, 0.6) is 0 Å². The summed E-state index contributed by atoms with van der Waals surface area (Å²) in [6.07, 6.45) is 2.35. The zero-order valence-electron chi connectivity index (χ0n) is 6.06. The van der Waals surface area contributed by atoms with Crippen LogP contribution in [-0.2, 0) is 0 Å². The molecule has 0 spiro atoms. The van der Waals surface area contributed by atoms with Gasteiger partial charge in [0.25, 0.3) is 0 Å². The van der Waals surface area contributed by atoms with Crippen molar-refractivity contribution < 1.29 is 5.11 Å². The first-order chi connectivity index (χ1) is 4.81. The van der Waals surface area contributed by atoms with E-state index in [-0.39, 0.29) is 0 Å². The predicted molar refractivity (Wildman–Crippen MR) is 38.8 cm³/mol. The van der Waals surface area contributed by atoms with E-state index in [4.69, 9.17) is 0 Å². The number of hydrogen-bond acceptors (Lipinski definition) is 3. The summed E-state index contributed by atoms with van der Waals surface area (Å²) < 4.78 is 0. The summed E-state index contributed by atoms with van der Waals surface area (Å²) in [4.78, 5) is 0. The van der Waals surface area contributed by atoms with Gasteiger partial charge in [0.05, 0.1) is 0 Å². The molecule has 0 aromatic carbocycles. The van der Waals surface area contributed by atoms with Gasteiger partial charge in [0.2, 0.25) is 0 Å². The van der Waals surface area contributed by atoms with Crippen molar-refractivity contribution in [1.82, 2.24) is 10.6 Å². The van der Waals surface area contributed by atoms with Crippen molar-refractivity contribution >= 4 is 0 Å². The fourth-order valence-electron chi connectivity index (χ4n) is 1.77. The van der Waals surface area contributed by atoms with Crippen molar-refractivity contribution in [2.45, 2.75) is 24.5 Å². The Hall–Kier alpha value is -0.120. The number of β-amino-alcohol motifs (C(OH)–C–C–N with tert-alkyl or cyclic N) is 1. The largest absolute Gasteiger partial charge is 0.386 e. The molecule has 0 aliphatic carbocycles. The Labute approximate surface area is 60.8 Å². The van der Waals surface area contributed by atoms with Crippen molar-refractivity contribution in [1.29, 1.82) is 0 Å². The standard InChI is InChI=1S/C7H14N2O/c10-7(4-8-5-7)6-2-1-3-9-6/h6,8-10H,1-5H2/t6-/m1/s1. The van der Waals surface area contributed by atoms with Crippen molar-refractivity contribution in [2.75, 3.05) is 19.6 Å². The molecule has 0 radical (unpaired) electrons. The molecular formula is C7H14N2O. The first kappa shape index (κ1) is 6.58. The summed E-state index contributed by atoms with van der Waals surface area (Å²) >= 11 is 0. The van der Waals surface area contributed by atoms with E-state index >= 15 is 0 Å². The third kappa shape index (κ3) is 0.856. The molecule has 2 rings (SSSR count). The normalized spacial score (nSPS) is 37.5. The van der Waals surface area contributed by atoms with Crippen LogP contribution in [-0.4, -0.2) is 36.4 Å². The van der Waals surface area contributed by atoms with E-state index in [2.05, 4.69) is 10.6 Å². The van der Waals surface area contributed by atoms with E-state index in [9.17, 15) is 5.11 Å². The summed E-state index contributed by atoms with van der Waals surface area (Å²) in [5.41, 5.74) is -0.420. The van der Waals surface area contributed by atoms with Crippen LogP contribution in [0.15, 0.2) is 0 Å². The Bertz CT molecular complexity index is 128. The highest BCUT2D eigenvalue weighted by Crippen LogP contribution is 2.22. The zero-order valence-corrected chi connectivity index (χ0v) is 6.06. The molecule has 2 heterocycles. The number of nitrogens with one attached hydrogen (secondary N) is 2. The van der Waals surface area contributed by atoms with Gasteiger partial charge in [-0.2, -0.15) is 0 Å². The second-order valence-corrected chi connectivity index (χ2v) is 3.36. The van der Waals surface area contributed by atoms with Gasteiger partial charge in [0.1, 0.15) is 5.60 Å². The highest BCUT2D eigenvalue weighted by molar-refractivity contribution is 5.03. The summed E-state index contributed by atoms with van der Waals surface area (Å²) in [6, 6.07) is 0.355. The summed E-state index contributed by atoms with van der Waals surface area (Å²) in [6.45, 7) is 2.61. The van der Waals surface area contributed by atoms with Crippen molar-refractivity contribution in [3.05, 3.63) is 0 Å². The van der Waals surface area contributed by atoms with Crippen LogP contribution in [0, 0.1) is 0 Å². The van der Waals surface area contributed by atoms with Gasteiger partial charge in [-0.05, 0) is 19.4 Å². The molecule has 2 aliphatic heterocycles. The molecule has 0 amide bonds. The molecule has 2 aliphatic rings. The topological polar surface area (TPSA) is 44.3 Å². The quantitative estimate of drug-likeness (QED) is 0.443. The molecule has 3 heteroatoms. The maximum atomic E-state index is 9.78. The fraction of sp³-hybridized carbons (Fsp3) is 1.00. The van der Waals surface area contributed by atoms with Crippen molar-refractivity contribution in [3.63, 3.8) is 0 Å². The van der Waals surface area contributed by atoms with Gasteiger partial charge in [-0.1, -0.05) is 0 Å². The molecule has 0 aromatic rings. The Balaban J connectivity index is 1.96. The first-order valence-corrected chi connectivity index (χ1v) is 3.98.